The zero-order valence-corrected chi connectivity index (χ0v) is 13.8. The highest BCUT2D eigenvalue weighted by Gasteiger charge is 2.46. The Morgan fingerprint density at radius 2 is 0.826 bits per heavy atom. The van der Waals surface area contributed by atoms with E-state index < -0.39 is 11.9 Å². The van der Waals surface area contributed by atoms with Gasteiger partial charge in [-0.15, -0.1) is 0 Å². The monoisotopic (exact) mass is 318 g/mol. The molecule has 0 aliphatic heterocycles. The van der Waals surface area contributed by atoms with Crippen LogP contribution in [-0.4, -0.2) is 28.4 Å². The Balaban J connectivity index is 2.48. The third-order valence-electron chi connectivity index (χ3n) is 3.60. The van der Waals surface area contributed by atoms with Crippen LogP contribution in [0.2, 0.25) is 0 Å². The van der Waals surface area contributed by atoms with Gasteiger partial charge in [-0.3, -0.25) is 4.74 Å². The first-order chi connectivity index (χ1) is 11.2. The lowest BCUT2D eigenvalue weighted by molar-refractivity contribution is -0.506. The number of ether oxygens (including phenoxy) is 5. The summed E-state index contributed by atoms with van der Waals surface area (Å²) in [6.45, 7) is 0. The van der Waals surface area contributed by atoms with Gasteiger partial charge in [0, 0.05) is 39.6 Å². The van der Waals surface area contributed by atoms with E-state index in [1.165, 1.54) is 28.4 Å². The van der Waals surface area contributed by atoms with Gasteiger partial charge in [-0.05, 0) is 0 Å². The number of hydrogen-bond acceptors (Lipinski definition) is 5. The molecule has 0 aromatic heterocycles. The molecule has 5 nitrogen and oxygen atoms in total. The second-order valence-electron chi connectivity index (χ2n) is 4.76. The van der Waals surface area contributed by atoms with Gasteiger partial charge in [-0.2, -0.15) is 0 Å². The van der Waals surface area contributed by atoms with Crippen LogP contribution >= 0.6 is 0 Å². The van der Waals surface area contributed by atoms with Gasteiger partial charge in [0.15, 0.2) is 0 Å². The van der Waals surface area contributed by atoms with Crippen LogP contribution in [-0.2, 0) is 35.6 Å². The Labute approximate surface area is 136 Å². The topological polar surface area (TPSA) is 46.2 Å². The first kappa shape index (κ1) is 17.6. The highest BCUT2D eigenvalue weighted by atomic mass is 17.0. The average molecular weight is 318 g/mol. The standard InChI is InChI=1S/C18H22O5/c1-19-17(20-2,15-11-7-5-8-12-15)23-18(21-3,22-4)16-13-9-6-10-14-16/h5-14H,1-4H3. The molecule has 0 unspecified atom stereocenters. The summed E-state index contributed by atoms with van der Waals surface area (Å²) in [5.41, 5.74) is 1.36. The zero-order chi connectivity index (χ0) is 16.8. The molecular weight excluding hydrogens is 296 g/mol. The van der Waals surface area contributed by atoms with Crippen molar-refractivity contribution < 1.29 is 23.7 Å². The number of hydrogen-bond donors (Lipinski definition) is 0. The maximum Gasteiger partial charge on any atom is 0.315 e. The number of rotatable bonds is 8. The Morgan fingerprint density at radius 1 is 0.522 bits per heavy atom. The van der Waals surface area contributed by atoms with Crippen LogP contribution in [0.4, 0.5) is 0 Å². The van der Waals surface area contributed by atoms with Gasteiger partial charge in [0.1, 0.15) is 0 Å². The Hall–Kier alpha value is -1.76. The molecule has 5 heteroatoms. The van der Waals surface area contributed by atoms with Crippen LogP contribution in [0, 0.1) is 0 Å². The SMILES string of the molecule is COC(OC)(OC(OC)(OC)c1ccccc1)c1ccccc1. The molecule has 0 N–H and O–H groups in total. The molecule has 23 heavy (non-hydrogen) atoms. The minimum absolute atomic E-state index is 0.680. The first-order valence-electron chi connectivity index (χ1n) is 7.18. The summed E-state index contributed by atoms with van der Waals surface area (Å²) in [5.74, 6) is -2.97. The van der Waals surface area contributed by atoms with Crippen LogP contribution in [0.5, 0.6) is 0 Å². The summed E-state index contributed by atoms with van der Waals surface area (Å²) in [7, 11) is 5.99. The second kappa shape index (κ2) is 7.68. The van der Waals surface area contributed by atoms with E-state index in [1.807, 2.05) is 60.7 Å². The molecule has 0 amide bonds. The van der Waals surface area contributed by atoms with Crippen LogP contribution in [0.25, 0.3) is 0 Å². The summed E-state index contributed by atoms with van der Waals surface area (Å²) in [6, 6.07) is 18.6. The Morgan fingerprint density at radius 3 is 1.09 bits per heavy atom. The molecule has 2 aromatic rings. The quantitative estimate of drug-likeness (QED) is 0.699. The van der Waals surface area contributed by atoms with Crippen molar-refractivity contribution >= 4 is 0 Å². The van der Waals surface area contributed by atoms with Gasteiger partial charge < -0.3 is 18.9 Å². The highest BCUT2D eigenvalue weighted by molar-refractivity contribution is 5.21. The zero-order valence-electron chi connectivity index (χ0n) is 13.8. The lowest BCUT2D eigenvalue weighted by atomic mass is 10.1. The molecule has 0 atom stereocenters. The predicted octanol–water partition coefficient (Wildman–Crippen LogP) is 3.21. The minimum atomic E-state index is -1.48. The van der Waals surface area contributed by atoms with Crippen molar-refractivity contribution in [3.8, 4) is 0 Å². The molecule has 0 heterocycles. The van der Waals surface area contributed by atoms with Crippen LogP contribution in [0.1, 0.15) is 11.1 Å². The molecule has 0 aliphatic rings. The van der Waals surface area contributed by atoms with Crippen LogP contribution in [0.3, 0.4) is 0 Å². The fourth-order valence-corrected chi connectivity index (χ4v) is 2.38. The number of benzene rings is 2. The van der Waals surface area contributed by atoms with Gasteiger partial charge in [-0.25, -0.2) is 0 Å². The van der Waals surface area contributed by atoms with E-state index in [0.29, 0.717) is 11.1 Å². The van der Waals surface area contributed by atoms with Gasteiger partial charge in [0.25, 0.3) is 0 Å². The van der Waals surface area contributed by atoms with Crippen molar-refractivity contribution in [3.05, 3.63) is 71.8 Å². The molecule has 2 rings (SSSR count). The number of methoxy groups -OCH3 is 4. The molecule has 0 fully saturated rings. The first-order valence-corrected chi connectivity index (χ1v) is 7.18. The summed E-state index contributed by atoms with van der Waals surface area (Å²) >= 11 is 0. The van der Waals surface area contributed by atoms with Crippen molar-refractivity contribution in [2.45, 2.75) is 11.9 Å². The van der Waals surface area contributed by atoms with Gasteiger partial charge in [0.2, 0.25) is 0 Å². The van der Waals surface area contributed by atoms with Gasteiger partial charge >= 0.3 is 11.9 Å². The molecule has 124 valence electrons. The van der Waals surface area contributed by atoms with Crippen LogP contribution in [0.15, 0.2) is 60.7 Å². The van der Waals surface area contributed by atoms with Gasteiger partial charge in [0.05, 0.1) is 0 Å². The van der Waals surface area contributed by atoms with E-state index in [-0.39, 0.29) is 0 Å². The van der Waals surface area contributed by atoms with Gasteiger partial charge in [-0.1, -0.05) is 60.7 Å². The van der Waals surface area contributed by atoms with Crippen molar-refractivity contribution in [1.29, 1.82) is 0 Å². The summed E-state index contributed by atoms with van der Waals surface area (Å²) in [6.07, 6.45) is 0. The van der Waals surface area contributed by atoms with E-state index in [9.17, 15) is 0 Å². The lowest BCUT2D eigenvalue weighted by Crippen LogP contribution is -2.46. The molecule has 0 spiro atoms. The highest BCUT2D eigenvalue weighted by Crippen LogP contribution is 2.38. The molecule has 0 radical (unpaired) electrons. The molecule has 0 bridgehead atoms. The minimum Gasteiger partial charge on any atom is -0.327 e. The summed E-state index contributed by atoms with van der Waals surface area (Å²) in [5, 5.41) is 0. The average Bonchev–Trinajstić information content (AvgIpc) is 2.65. The molecule has 0 saturated heterocycles. The van der Waals surface area contributed by atoms with Crippen molar-refractivity contribution in [3.63, 3.8) is 0 Å². The Bertz CT molecular complexity index is 523. The van der Waals surface area contributed by atoms with Crippen molar-refractivity contribution in [2.24, 2.45) is 0 Å². The summed E-state index contributed by atoms with van der Waals surface area (Å²) in [4.78, 5) is 0. The van der Waals surface area contributed by atoms with Crippen molar-refractivity contribution in [1.82, 2.24) is 0 Å². The largest absolute Gasteiger partial charge is 0.327 e. The molecular formula is C18H22O5. The lowest BCUT2D eigenvalue weighted by Gasteiger charge is -2.39. The maximum absolute atomic E-state index is 6.11. The van der Waals surface area contributed by atoms with E-state index >= 15 is 0 Å². The normalized spacial score (nSPS) is 12.3. The second-order valence-corrected chi connectivity index (χ2v) is 4.76. The smallest absolute Gasteiger partial charge is 0.315 e. The molecule has 2 aromatic carbocycles. The predicted molar refractivity (Wildman–Crippen MR) is 85.4 cm³/mol. The maximum atomic E-state index is 6.11. The van der Waals surface area contributed by atoms with E-state index in [2.05, 4.69) is 0 Å². The van der Waals surface area contributed by atoms with E-state index in [4.69, 9.17) is 23.7 Å². The third-order valence-corrected chi connectivity index (χ3v) is 3.60. The fourth-order valence-electron chi connectivity index (χ4n) is 2.38. The Kier molecular flexibility index (Phi) is 5.87. The fraction of sp³-hybridized carbons (Fsp3) is 0.333. The van der Waals surface area contributed by atoms with E-state index in [0.717, 1.165) is 0 Å². The van der Waals surface area contributed by atoms with Crippen molar-refractivity contribution in [2.75, 3.05) is 28.4 Å². The third kappa shape index (κ3) is 3.44. The molecule has 0 saturated carbocycles. The van der Waals surface area contributed by atoms with E-state index in [1.54, 1.807) is 0 Å². The summed E-state index contributed by atoms with van der Waals surface area (Å²) < 4.78 is 28.3. The van der Waals surface area contributed by atoms with Crippen LogP contribution < -0.4 is 0 Å². The molecule has 0 aliphatic carbocycles.